The summed E-state index contributed by atoms with van der Waals surface area (Å²) in [7, 11) is 0. The molecule has 1 N–H and O–H groups in total. The molecule has 0 aliphatic rings. The Labute approximate surface area is 153 Å². The van der Waals surface area contributed by atoms with Gasteiger partial charge in [-0.3, -0.25) is 0 Å². The Hall–Kier alpha value is -2.99. The molecule has 0 bridgehead atoms. The van der Waals surface area contributed by atoms with Crippen molar-refractivity contribution in [2.75, 3.05) is 6.61 Å². The molecule has 0 aliphatic carbocycles. The molecule has 0 fully saturated rings. The second-order valence-electron chi connectivity index (χ2n) is 5.63. The van der Waals surface area contributed by atoms with Crippen molar-refractivity contribution in [1.29, 1.82) is 0 Å². The molecule has 3 aromatic rings. The van der Waals surface area contributed by atoms with Gasteiger partial charge in [-0.25, -0.2) is 9.59 Å². The van der Waals surface area contributed by atoms with Gasteiger partial charge in [0.2, 0.25) is 0 Å². The Kier molecular flexibility index (Phi) is 5.14. The lowest BCUT2D eigenvalue weighted by Gasteiger charge is -2.10. The number of hydrogen-bond acceptors (Lipinski definition) is 6. The number of aromatic hydroxyl groups is 1. The normalized spacial score (nSPS) is 10.7. The number of benzene rings is 2. The van der Waals surface area contributed by atoms with Crippen molar-refractivity contribution >= 4 is 28.5 Å². The van der Waals surface area contributed by atoms with Crippen LogP contribution in [0.5, 0.6) is 11.5 Å². The lowest BCUT2D eigenvalue weighted by Crippen LogP contribution is -2.15. The van der Waals surface area contributed by atoms with E-state index >= 15 is 0 Å². The highest BCUT2D eigenvalue weighted by Gasteiger charge is 2.11. The van der Waals surface area contributed by atoms with Crippen molar-refractivity contribution < 1.29 is 23.8 Å². The van der Waals surface area contributed by atoms with E-state index in [4.69, 9.17) is 25.5 Å². The second kappa shape index (κ2) is 7.49. The lowest BCUT2D eigenvalue weighted by molar-refractivity contribution is -0.147. The number of phenols is 1. The first-order valence-corrected chi connectivity index (χ1v) is 8.10. The molecular weight excluding hydrogens is 360 g/mol. The predicted molar refractivity (Wildman–Crippen MR) is 95.6 cm³/mol. The summed E-state index contributed by atoms with van der Waals surface area (Å²) in [5.74, 6) is -0.0753. The maximum atomic E-state index is 11.9. The number of esters is 1. The molecule has 1 heterocycles. The van der Waals surface area contributed by atoms with Crippen molar-refractivity contribution in [3.8, 4) is 11.5 Å². The van der Waals surface area contributed by atoms with Gasteiger partial charge in [-0.2, -0.15) is 0 Å². The standard InChI is InChI=1S/C19H15ClO6/c1-11-6-13(20)2-5-16(11)24-10-19(23)25-9-12-7-18(22)26-17-8-14(21)3-4-15(12)17/h2-8,21H,9-10H2,1H3. The van der Waals surface area contributed by atoms with Crippen molar-refractivity contribution in [3.63, 3.8) is 0 Å². The van der Waals surface area contributed by atoms with Crippen LogP contribution in [0, 0.1) is 6.92 Å². The summed E-state index contributed by atoms with van der Waals surface area (Å²) in [6.45, 7) is 1.43. The molecular formula is C19H15ClO6. The number of ether oxygens (including phenoxy) is 2. The van der Waals surface area contributed by atoms with Gasteiger partial charge in [0, 0.05) is 28.1 Å². The Bertz CT molecular complexity index is 1020. The van der Waals surface area contributed by atoms with Gasteiger partial charge in [-0.1, -0.05) is 11.6 Å². The largest absolute Gasteiger partial charge is 0.508 e. The van der Waals surface area contributed by atoms with Crippen molar-refractivity contribution in [2.24, 2.45) is 0 Å². The van der Waals surface area contributed by atoms with Crippen LogP contribution in [0.4, 0.5) is 0 Å². The maximum Gasteiger partial charge on any atom is 0.344 e. The van der Waals surface area contributed by atoms with Crippen LogP contribution >= 0.6 is 11.6 Å². The molecule has 0 unspecified atom stereocenters. The van der Waals surface area contributed by atoms with Crippen LogP contribution in [-0.4, -0.2) is 17.7 Å². The van der Waals surface area contributed by atoms with Crippen molar-refractivity contribution in [2.45, 2.75) is 13.5 Å². The minimum atomic E-state index is -0.595. The number of hydrogen-bond donors (Lipinski definition) is 1. The van der Waals surface area contributed by atoms with Crippen molar-refractivity contribution in [1.82, 2.24) is 0 Å². The van der Waals surface area contributed by atoms with Crippen LogP contribution in [0.2, 0.25) is 5.02 Å². The number of phenolic OH excluding ortho intramolecular Hbond substituents is 1. The SMILES string of the molecule is Cc1cc(Cl)ccc1OCC(=O)OCc1cc(=O)oc2cc(O)ccc12. The number of carbonyl (C=O) groups is 1. The first-order chi connectivity index (χ1) is 12.4. The zero-order valence-electron chi connectivity index (χ0n) is 13.8. The number of aryl methyl sites for hydroxylation is 1. The zero-order valence-corrected chi connectivity index (χ0v) is 14.6. The fourth-order valence-electron chi connectivity index (χ4n) is 2.45. The highest BCUT2D eigenvalue weighted by molar-refractivity contribution is 6.30. The van der Waals surface area contributed by atoms with Crippen molar-refractivity contribution in [3.05, 3.63) is 69.0 Å². The molecule has 0 radical (unpaired) electrons. The third-order valence-corrected chi connectivity index (χ3v) is 3.92. The zero-order chi connectivity index (χ0) is 18.7. The van der Waals surface area contributed by atoms with Crippen LogP contribution in [0.15, 0.2) is 51.7 Å². The number of halogens is 1. The lowest BCUT2D eigenvalue weighted by atomic mass is 10.1. The monoisotopic (exact) mass is 374 g/mol. The van der Waals surface area contributed by atoms with E-state index in [0.717, 1.165) is 5.56 Å². The van der Waals surface area contributed by atoms with E-state index in [2.05, 4.69) is 0 Å². The smallest absolute Gasteiger partial charge is 0.344 e. The molecule has 0 spiro atoms. The summed E-state index contributed by atoms with van der Waals surface area (Å²) in [5, 5.41) is 10.6. The molecule has 0 atom stereocenters. The van der Waals surface area contributed by atoms with Gasteiger partial charge in [-0.05, 0) is 42.8 Å². The summed E-state index contributed by atoms with van der Waals surface area (Å²) in [5.41, 5.74) is 0.905. The molecule has 7 heteroatoms. The summed E-state index contributed by atoms with van der Waals surface area (Å²) in [6.07, 6.45) is 0. The molecule has 0 saturated heterocycles. The Balaban J connectivity index is 1.66. The summed E-state index contributed by atoms with van der Waals surface area (Å²) < 4.78 is 15.6. The second-order valence-corrected chi connectivity index (χ2v) is 6.07. The van der Waals surface area contributed by atoms with Gasteiger partial charge in [0.15, 0.2) is 6.61 Å². The molecule has 134 valence electrons. The average molecular weight is 375 g/mol. The van der Waals surface area contributed by atoms with E-state index in [1.807, 2.05) is 6.92 Å². The van der Waals surface area contributed by atoms with Gasteiger partial charge in [0.25, 0.3) is 0 Å². The molecule has 6 nitrogen and oxygen atoms in total. The molecule has 0 aliphatic heterocycles. The van der Waals surface area contributed by atoms with Gasteiger partial charge in [0.1, 0.15) is 23.7 Å². The van der Waals surface area contributed by atoms with Gasteiger partial charge in [0.05, 0.1) is 0 Å². The van der Waals surface area contributed by atoms with E-state index in [-0.39, 0.29) is 24.5 Å². The fraction of sp³-hybridized carbons (Fsp3) is 0.158. The highest BCUT2D eigenvalue weighted by Crippen LogP contribution is 2.23. The summed E-state index contributed by atoms with van der Waals surface area (Å²) >= 11 is 5.87. The summed E-state index contributed by atoms with van der Waals surface area (Å²) in [6, 6.07) is 10.7. The van der Waals surface area contributed by atoms with Gasteiger partial charge >= 0.3 is 11.6 Å². The third kappa shape index (κ3) is 4.15. The van der Waals surface area contributed by atoms with E-state index in [0.29, 0.717) is 21.7 Å². The van der Waals surface area contributed by atoms with Gasteiger partial charge in [-0.15, -0.1) is 0 Å². The van der Waals surface area contributed by atoms with E-state index in [1.54, 1.807) is 24.3 Å². The third-order valence-electron chi connectivity index (χ3n) is 3.68. The molecule has 1 aromatic heterocycles. The van der Waals surface area contributed by atoms with Crippen LogP contribution in [0.3, 0.4) is 0 Å². The van der Waals surface area contributed by atoms with Crippen LogP contribution in [0.25, 0.3) is 11.0 Å². The first kappa shape index (κ1) is 17.8. The van der Waals surface area contributed by atoms with E-state index in [1.165, 1.54) is 18.2 Å². The fourth-order valence-corrected chi connectivity index (χ4v) is 2.68. The number of rotatable bonds is 5. The molecule has 26 heavy (non-hydrogen) atoms. The summed E-state index contributed by atoms with van der Waals surface area (Å²) in [4.78, 5) is 23.5. The first-order valence-electron chi connectivity index (χ1n) is 7.73. The topological polar surface area (TPSA) is 86.0 Å². The number of carbonyl (C=O) groups excluding carboxylic acids is 1. The number of fused-ring (bicyclic) bond motifs is 1. The average Bonchev–Trinajstić information content (AvgIpc) is 2.58. The van der Waals surface area contributed by atoms with Gasteiger partial charge < -0.3 is 19.0 Å². The molecule has 3 rings (SSSR count). The highest BCUT2D eigenvalue weighted by atomic mass is 35.5. The Morgan fingerprint density at radius 1 is 1.19 bits per heavy atom. The molecule has 0 amide bonds. The minimum absolute atomic E-state index is 0.0264. The van der Waals surface area contributed by atoms with Crippen LogP contribution < -0.4 is 10.4 Å². The van der Waals surface area contributed by atoms with E-state index in [9.17, 15) is 14.7 Å². The predicted octanol–water partition coefficient (Wildman–Crippen LogP) is 3.58. The van der Waals surface area contributed by atoms with E-state index < -0.39 is 11.6 Å². The molecule has 2 aromatic carbocycles. The Morgan fingerprint density at radius 3 is 2.77 bits per heavy atom. The van der Waals surface area contributed by atoms with Crippen LogP contribution in [0.1, 0.15) is 11.1 Å². The maximum absolute atomic E-state index is 11.9. The van der Waals surface area contributed by atoms with Crippen LogP contribution in [-0.2, 0) is 16.1 Å². The quantitative estimate of drug-likeness (QED) is 0.542. The minimum Gasteiger partial charge on any atom is -0.508 e. The molecule has 0 saturated carbocycles. The Morgan fingerprint density at radius 2 is 2.00 bits per heavy atom.